The number of benzene rings is 1. The second-order valence-electron chi connectivity index (χ2n) is 6.55. The Kier molecular flexibility index (Phi) is 5.28. The molecule has 0 bridgehead atoms. The number of anilines is 1. The van der Waals surface area contributed by atoms with Crippen LogP contribution in [0.4, 0.5) is 5.69 Å². The molecule has 2 aromatic rings. The molecule has 132 valence electrons. The molecule has 1 fully saturated rings. The highest BCUT2D eigenvalue weighted by Crippen LogP contribution is 2.18. The fraction of sp³-hybridized carbons (Fsp3) is 0.300. The summed E-state index contributed by atoms with van der Waals surface area (Å²) in [5, 5.41) is 11.6. The van der Waals surface area contributed by atoms with Crippen LogP contribution in [-0.2, 0) is 0 Å². The Balaban J connectivity index is 1.73. The number of aromatic nitrogens is 1. The molecule has 0 aliphatic carbocycles. The summed E-state index contributed by atoms with van der Waals surface area (Å²) in [5.41, 5.74) is 1.60. The monoisotopic (exact) mass is 348 g/mol. The van der Waals surface area contributed by atoms with Gasteiger partial charge in [0.25, 0.3) is 11.8 Å². The summed E-state index contributed by atoms with van der Waals surface area (Å²) in [6, 6.07) is 11.8. The van der Waals surface area contributed by atoms with Gasteiger partial charge in [0.05, 0.1) is 11.6 Å². The highest BCUT2D eigenvalue weighted by atomic mass is 16.2. The molecule has 0 radical (unpaired) electrons. The van der Waals surface area contributed by atoms with Gasteiger partial charge >= 0.3 is 0 Å². The summed E-state index contributed by atoms with van der Waals surface area (Å²) in [4.78, 5) is 31.0. The molecule has 0 unspecified atom stereocenters. The maximum absolute atomic E-state index is 12.7. The molecule has 6 heteroatoms. The number of amides is 2. The molecule has 6 nitrogen and oxygen atoms in total. The Hall–Kier alpha value is -3.20. The van der Waals surface area contributed by atoms with Crippen molar-refractivity contribution in [3.05, 3.63) is 59.4 Å². The summed E-state index contributed by atoms with van der Waals surface area (Å²) < 4.78 is 0. The Morgan fingerprint density at radius 3 is 2.73 bits per heavy atom. The molecule has 1 N–H and O–H groups in total. The molecular weight excluding hydrogens is 328 g/mol. The highest BCUT2D eigenvalue weighted by molar-refractivity contribution is 6.04. The van der Waals surface area contributed by atoms with Gasteiger partial charge in [-0.3, -0.25) is 14.6 Å². The van der Waals surface area contributed by atoms with Crippen LogP contribution in [0.15, 0.2) is 42.6 Å². The lowest BCUT2D eigenvalue weighted by Crippen LogP contribution is -2.38. The van der Waals surface area contributed by atoms with Crippen molar-refractivity contribution < 1.29 is 9.59 Å². The van der Waals surface area contributed by atoms with Crippen LogP contribution in [0.1, 0.15) is 46.2 Å². The van der Waals surface area contributed by atoms with Gasteiger partial charge in [-0.05, 0) is 49.1 Å². The number of pyridine rings is 1. The molecule has 2 heterocycles. The molecule has 0 spiro atoms. The maximum atomic E-state index is 12.7. The average Bonchev–Trinajstić information content (AvgIpc) is 2.68. The standard InChI is InChI=1S/C20H20N4O2/c1-14-6-9-24(10-7-14)20(26)16-5-8-22-18(12-16)19(25)23-17-4-2-3-15(11-17)13-21/h2-5,8,11-12,14H,6-7,9-10H2,1H3,(H,23,25). The van der Waals surface area contributed by atoms with Crippen molar-refractivity contribution in [2.45, 2.75) is 19.8 Å². The summed E-state index contributed by atoms with van der Waals surface area (Å²) in [6.07, 6.45) is 3.47. The fourth-order valence-corrected chi connectivity index (χ4v) is 2.94. The zero-order chi connectivity index (χ0) is 18.5. The van der Waals surface area contributed by atoms with E-state index in [2.05, 4.69) is 17.2 Å². The minimum atomic E-state index is -0.415. The summed E-state index contributed by atoms with van der Waals surface area (Å²) in [5.74, 6) is 0.156. The van der Waals surface area contributed by atoms with Crippen LogP contribution in [0.3, 0.4) is 0 Å². The second kappa shape index (κ2) is 7.79. The smallest absolute Gasteiger partial charge is 0.274 e. The predicted molar refractivity (Wildman–Crippen MR) is 97.6 cm³/mol. The number of rotatable bonds is 3. The lowest BCUT2D eigenvalue weighted by Gasteiger charge is -2.30. The number of nitrogens with one attached hydrogen (secondary N) is 1. The molecule has 3 rings (SSSR count). The predicted octanol–water partition coefficient (Wildman–Crippen LogP) is 3.08. The van der Waals surface area contributed by atoms with Crippen LogP contribution in [0.2, 0.25) is 0 Å². The van der Waals surface area contributed by atoms with Gasteiger partial charge in [-0.15, -0.1) is 0 Å². The number of piperidine rings is 1. The Bertz CT molecular complexity index is 864. The molecule has 2 amide bonds. The van der Waals surface area contributed by atoms with Gasteiger partial charge in [0.1, 0.15) is 5.69 Å². The fourth-order valence-electron chi connectivity index (χ4n) is 2.94. The molecule has 1 aliphatic rings. The van der Waals surface area contributed by atoms with Crippen molar-refractivity contribution in [2.75, 3.05) is 18.4 Å². The second-order valence-corrected chi connectivity index (χ2v) is 6.55. The first-order valence-corrected chi connectivity index (χ1v) is 8.63. The largest absolute Gasteiger partial charge is 0.339 e. The van der Waals surface area contributed by atoms with Crippen molar-refractivity contribution in [3.8, 4) is 6.07 Å². The molecule has 0 atom stereocenters. The van der Waals surface area contributed by atoms with Gasteiger partial charge in [0, 0.05) is 30.5 Å². The average molecular weight is 348 g/mol. The van der Waals surface area contributed by atoms with E-state index in [1.54, 1.807) is 30.3 Å². The summed E-state index contributed by atoms with van der Waals surface area (Å²) >= 11 is 0. The van der Waals surface area contributed by atoms with Crippen LogP contribution in [0, 0.1) is 17.2 Å². The highest BCUT2D eigenvalue weighted by Gasteiger charge is 2.22. The lowest BCUT2D eigenvalue weighted by atomic mass is 9.98. The first-order valence-electron chi connectivity index (χ1n) is 8.63. The Labute approximate surface area is 152 Å². The number of likely N-dealkylation sites (tertiary alicyclic amines) is 1. The number of nitriles is 1. The molecule has 1 aromatic carbocycles. The third-order valence-electron chi connectivity index (χ3n) is 4.56. The van der Waals surface area contributed by atoms with Gasteiger partial charge < -0.3 is 10.2 Å². The van der Waals surface area contributed by atoms with Crippen LogP contribution in [0.25, 0.3) is 0 Å². The van der Waals surface area contributed by atoms with Crippen molar-refractivity contribution in [1.82, 2.24) is 9.88 Å². The van der Waals surface area contributed by atoms with Gasteiger partial charge in [-0.25, -0.2) is 0 Å². The normalized spacial score (nSPS) is 14.5. The third-order valence-corrected chi connectivity index (χ3v) is 4.56. The molecule has 0 saturated carbocycles. The van der Waals surface area contributed by atoms with Crippen LogP contribution >= 0.6 is 0 Å². The van der Waals surface area contributed by atoms with Crippen molar-refractivity contribution >= 4 is 17.5 Å². The van der Waals surface area contributed by atoms with Crippen molar-refractivity contribution in [2.24, 2.45) is 5.92 Å². The SMILES string of the molecule is CC1CCN(C(=O)c2ccnc(C(=O)Nc3cccc(C#N)c3)c2)CC1. The van der Waals surface area contributed by atoms with E-state index in [0.717, 1.165) is 25.9 Å². The first-order chi connectivity index (χ1) is 12.6. The molecule has 1 aromatic heterocycles. The zero-order valence-corrected chi connectivity index (χ0v) is 14.6. The number of carbonyl (C=O) groups is 2. The van der Waals surface area contributed by atoms with Crippen LogP contribution < -0.4 is 5.32 Å². The lowest BCUT2D eigenvalue weighted by molar-refractivity contribution is 0.0697. The van der Waals surface area contributed by atoms with Crippen molar-refractivity contribution in [3.63, 3.8) is 0 Å². The van der Waals surface area contributed by atoms with E-state index >= 15 is 0 Å². The summed E-state index contributed by atoms with van der Waals surface area (Å²) in [7, 11) is 0. The minimum absolute atomic E-state index is 0.0696. The Morgan fingerprint density at radius 1 is 1.23 bits per heavy atom. The zero-order valence-electron chi connectivity index (χ0n) is 14.6. The maximum Gasteiger partial charge on any atom is 0.274 e. The number of hydrogen-bond acceptors (Lipinski definition) is 4. The van der Waals surface area contributed by atoms with Crippen LogP contribution in [0.5, 0.6) is 0 Å². The number of hydrogen-bond donors (Lipinski definition) is 1. The quantitative estimate of drug-likeness (QED) is 0.923. The van der Waals surface area contributed by atoms with Gasteiger partial charge in [0.15, 0.2) is 0 Å². The number of nitrogens with zero attached hydrogens (tertiary/aromatic N) is 3. The van der Waals surface area contributed by atoms with Gasteiger partial charge in [-0.2, -0.15) is 5.26 Å². The van der Waals surface area contributed by atoms with Crippen LogP contribution in [-0.4, -0.2) is 34.8 Å². The van der Waals surface area contributed by atoms with E-state index in [1.165, 1.54) is 12.3 Å². The molecular formula is C20H20N4O2. The van der Waals surface area contributed by atoms with Gasteiger partial charge in [0.2, 0.25) is 0 Å². The van der Waals surface area contributed by atoms with E-state index in [9.17, 15) is 9.59 Å². The van der Waals surface area contributed by atoms with E-state index in [1.807, 2.05) is 11.0 Å². The first kappa shape index (κ1) is 17.6. The van der Waals surface area contributed by atoms with Gasteiger partial charge in [-0.1, -0.05) is 13.0 Å². The minimum Gasteiger partial charge on any atom is -0.339 e. The van der Waals surface area contributed by atoms with Crippen molar-refractivity contribution in [1.29, 1.82) is 5.26 Å². The van der Waals surface area contributed by atoms with E-state index in [4.69, 9.17) is 5.26 Å². The van der Waals surface area contributed by atoms with E-state index < -0.39 is 5.91 Å². The molecule has 1 aliphatic heterocycles. The van der Waals surface area contributed by atoms with E-state index in [0.29, 0.717) is 22.7 Å². The number of carbonyl (C=O) groups excluding carboxylic acids is 2. The molecule has 1 saturated heterocycles. The topological polar surface area (TPSA) is 86.1 Å². The van der Waals surface area contributed by atoms with E-state index in [-0.39, 0.29) is 11.6 Å². The third kappa shape index (κ3) is 4.06. The summed E-state index contributed by atoms with van der Waals surface area (Å²) in [6.45, 7) is 3.67. The Morgan fingerprint density at radius 2 is 2.00 bits per heavy atom. The molecule has 26 heavy (non-hydrogen) atoms.